The lowest BCUT2D eigenvalue weighted by atomic mass is 9.62. The Balaban J connectivity index is 1.68. The van der Waals surface area contributed by atoms with Crippen molar-refractivity contribution >= 4 is 34.8 Å². The first-order valence-corrected chi connectivity index (χ1v) is 13.6. The standard InChI is InChI=1S/C28H33Cl2F2N3O2/c1-27(2,3)12-23-28(17-10-20(31)19(30)11-21(17)35-26(28)37)24(16-5-4-6-18(29)25(16)32)22(34-23)13-33-14-7-8-15(36)9-14/h4-6,10-11,14-15,22-24,33-34,36H,7-9,12-13H2,1-3H3,(H,35,37)/t14?,15-,22+,23-,24+,28+/m1/s1. The number of hydrogen-bond donors (Lipinski definition) is 4. The number of carbonyl (C=O) groups is 1. The molecule has 9 heteroatoms. The Hall–Kier alpha value is -1.77. The summed E-state index contributed by atoms with van der Waals surface area (Å²) in [6, 6.07) is 6.93. The Morgan fingerprint density at radius 1 is 1.16 bits per heavy atom. The highest BCUT2D eigenvalue weighted by atomic mass is 35.5. The fourth-order valence-corrected chi connectivity index (χ4v) is 7.03. The average molecular weight is 552 g/mol. The summed E-state index contributed by atoms with van der Waals surface area (Å²) in [6.45, 7) is 6.69. The number of halogens is 4. The Labute approximate surface area is 226 Å². The number of hydrogen-bond acceptors (Lipinski definition) is 4. The molecule has 2 heterocycles. The molecule has 2 aromatic carbocycles. The van der Waals surface area contributed by atoms with Crippen LogP contribution in [0, 0.1) is 17.0 Å². The van der Waals surface area contributed by atoms with Crippen LogP contribution in [-0.2, 0) is 10.2 Å². The third kappa shape index (κ3) is 4.67. The molecule has 2 fully saturated rings. The summed E-state index contributed by atoms with van der Waals surface area (Å²) < 4.78 is 30.7. The van der Waals surface area contributed by atoms with Gasteiger partial charge < -0.3 is 21.1 Å². The Bertz CT molecular complexity index is 1220. The molecule has 5 nitrogen and oxygen atoms in total. The highest BCUT2D eigenvalue weighted by Crippen LogP contribution is 2.57. The third-order valence-electron chi connectivity index (χ3n) is 8.15. The minimum absolute atomic E-state index is 0.0292. The number of amides is 1. The summed E-state index contributed by atoms with van der Waals surface area (Å²) in [5, 5.41) is 20.0. The average Bonchev–Trinajstić information content (AvgIpc) is 3.44. The highest BCUT2D eigenvalue weighted by molar-refractivity contribution is 6.31. The van der Waals surface area contributed by atoms with Crippen LogP contribution in [0.1, 0.15) is 63.5 Å². The van der Waals surface area contributed by atoms with Crippen LogP contribution in [-0.4, -0.2) is 41.8 Å². The monoisotopic (exact) mass is 551 g/mol. The van der Waals surface area contributed by atoms with E-state index < -0.39 is 29.0 Å². The van der Waals surface area contributed by atoms with Crippen molar-refractivity contribution in [1.82, 2.24) is 10.6 Å². The summed E-state index contributed by atoms with van der Waals surface area (Å²) >= 11 is 12.3. The summed E-state index contributed by atoms with van der Waals surface area (Å²) in [5.74, 6) is -2.20. The van der Waals surface area contributed by atoms with Crippen molar-refractivity contribution in [3.05, 3.63) is 63.1 Å². The van der Waals surface area contributed by atoms with E-state index in [0.717, 1.165) is 12.8 Å². The zero-order valence-corrected chi connectivity index (χ0v) is 22.7. The maximum Gasteiger partial charge on any atom is 0.237 e. The molecule has 6 atom stereocenters. The summed E-state index contributed by atoms with van der Waals surface area (Å²) in [4.78, 5) is 14.1. The molecular formula is C28H33Cl2F2N3O2. The van der Waals surface area contributed by atoms with Gasteiger partial charge in [-0.1, -0.05) is 56.1 Å². The number of nitrogens with one attached hydrogen (secondary N) is 3. The summed E-state index contributed by atoms with van der Waals surface area (Å²) in [6.07, 6.45) is 2.46. The quantitative estimate of drug-likeness (QED) is 0.394. The molecule has 1 saturated carbocycles. The van der Waals surface area contributed by atoms with Crippen molar-refractivity contribution in [1.29, 1.82) is 0 Å². The maximum atomic E-state index is 15.7. The van der Waals surface area contributed by atoms with E-state index in [-0.39, 0.29) is 39.6 Å². The molecule has 3 aliphatic rings. The first kappa shape index (κ1) is 26.8. The Morgan fingerprint density at radius 2 is 1.92 bits per heavy atom. The van der Waals surface area contributed by atoms with Crippen molar-refractivity contribution in [2.75, 3.05) is 11.9 Å². The van der Waals surface area contributed by atoms with Crippen LogP contribution in [0.3, 0.4) is 0 Å². The minimum Gasteiger partial charge on any atom is -0.393 e. The van der Waals surface area contributed by atoms with Crippen LogP contribution < -0.4 is 16.0 Å². The number of anilines is 1. The van der Waals surface area contributed by atoms with Gasteiger partial charge in [0.15, 0.2) is 0 Å². The molecule has 1 spiro atoms. The third-order valence-corrected chi connectivity index (χ3v) is 8.73. The van der Waals surface area contributed by atoms with Crippen LogP contribution >= 0.6 is 23.2 Å². The van der Waals surface area contributed by atoms with Crippen LogP contribution in [0.2, 0.25) is 10.0 Å². The second kappa shape index (κ2) is 9.76. The van der Waals surface area contributed by atoms with Crippen LogP contribution in [0.15, 0.2) is 30.3 Å². The largest absolute Gasteiger partial charge is 0.393 e. The highest BCUT2D eigenvalue weighted by Gasteiger charge is 2.65. The molecule has 1 aliphatic carbocycles. The first-order valence-electron chi connectivity index (χ1n) is 12.8. The Kier molecular flexibility index (Phi) is 7.08. The van der Waals surface area contributed by atoms with Gasteiger partial charge in [-0.05, 0) is 60.4 Å². The van der Waals surface area contributed by atoms with E-state index >= 15 is 4.39 Å². The van der Waals surface area contributed by atoms with Crippen molar-refractivity contribution in [2.24, 2.45) is 5.41 Å². The second-order valence-corrected chi connectivity index (χ2v) is 12.7. The Morgan fingerprint density at radius 3 is 2.59 bits per heavy atom. The maximum absolute atomic E-state index is 15.7. The molecule has 2 aromatic rings. The number of carbonyl (C=O) groups excluding carboxylic acids is 1. The van der Waals surface area contributed by atoms with E-state index in [9.17, 15) is 14.3 Å². The number of aliphatic hydroxyl groups excluding tert-OH is 1. The van der Waals surface area contributed by atoms with Gasteiger partial charge in [-0.2, -0.15) is 0 Å². The van der Waals surface area contributed by atoms with E-state index in [4.69, 9.17) is 23.2 Å². The summed E-state index contributed by atoms with van der Waals surface area (Å²) in [7, 11) is 0. The van der Waals surface area contributed by atoms with E-state index in [1.807, 2.05) is 0 Å². The fraction of sp³-hybridized carbons (Fsp3) is 0.536. The van der Waals surface area contributed by atoms with Gasteiger partial charge in [0.05, 0.1) is 16.1 Å². The van der Waals surface area contributed by atoms with Gasteiger partial charge in [0.1, 0.15) is 17.0 Å². The normalized spacial score (nSPS) is 31.2. The molecule has 5 rings (SSSR count). The molecule has 37 heavy (non-hydrogen) atoms. The molecule has 0 bridgehead atoms. The van der Waals surface area contributed by atoms with Gasteiger partial charge >= 0.3 is 0 Å². The minimum atomic E-state index is -1.29. The number of aliphatic hydroxyl groups is 1. The fourth-order valence-electron chi connectivity index (χ4n) is 6.68. The van der Waals surface area contributed by atoms with Crippen molar-refractivity contribution in [3.8, 4) is 0 Å². The van der Waals surface area contributed by atoms with Crippen molar-refractivity contribution in [2.45, 2.75) is 82.0 Å². The van der Waals surface area contributed by atoms with E-state index in [2.05, 4.69) is 36.7 Å². The van der Waals surface area contributed by atoms with Gasteiger partial charge in [-0.15, -0.1) is 0 Å². The lowest BCUT2D eigenvalue weighted by Crippen LogP contribution is -2.49. The van der Waals surface area contributed by atoms with Gasteiger partial charge in [0.25, 0.3) is 0 Å². The first-order chi connectivity index (χ1) is 17.4. The van der Waals surface area contributed by atoms with Gasteiger partial charge in [-0.3, -0.25) is 4.79 Å². The number of benzene rings is 2. The zero-order chi connectivity index (χ0) is 26.7. The molecule has 0 aromatic heterocycles. The number of rotatable bonds is 5. The lowest BCUT2D eigenvalue weighted by molar-refractivity contribution is -0.122. The van der Waals surface area contributed by atoms with Gasteiger partial charge in [-0.25, -0.2) is 8.78 Å². The van der Waals surface area contributed by atoms with Crippen molar-refractivity contribution in [3.63, 3.8) is 0 Å². The van der Waals surface area contributed by atoms with Crippen molar-refractivity contribution < 1.29 is 18.7 Å². The van der Waals surface area contributed by atoms with Crippen LogP contribution in [0.4, 0.5) is 14.5 Å². The predicted octanol–water partition coefficient (Wildman–Crippen LogP) is 5.52. The van der Waals surface area contributed by atoms with Gasteiger partial charge in [0, 0.05) is 36.3 Å². The molecule has 4 N–H and O–H groups in total. The molecule has 1 unspecified atom stereocenters. The SMILES string of the molecule is CC(C)(C)C[C@H]1N[C@@H](CNC2CC[C@@H](O)C2)[C@H](c2cccc(Cl)c2F)[C@@]12C(=O)Nc1cc(Cl)c(F)cc12. The van der Waals surface area contributed by atoms with Crippen LogP contribution in [0.5, 0.6) is 0 Å². The molecular weight excluding hydrogens is 519 g/mol. The van der Waals surface area contributed by atoms with E-state index in [1.54, 1.807) is 12.1 Å². The lowest BCUT2D eigenvalue weighted by Gasteiger charge is -2.38. The zero-order valence-electron chi connectivity index (χ0n) is 21.2. The van der Waals surface area contributed by atoms with E-state index in [1.165, 1.54) is 18.2 Å². The molecule has 1 amide bonds. The topological polar surface area (TPSA) is 73.4 Å². The molecule has 200 valence electrons. The smallest absolute Gasteiger partial charge is 0.237 e. The second-order valence-electron chi connectivity index (χ2n) is 11.9. The molecule has 1 saturated heterocycles. The van der Waals surface area contributed by atoms with Crippen LogP contribution in [0.25, 0.3) is 0 Å². The predicted molar refractivity (Wildman–Crippen MR) is 142 cm³/mol. The number of fused-ring (bicyclic) bond motifs is 2. The summed E-state index contributed by atoms with van der Waals surface area (Å²) in [5.41, 5.74) is -0.246. The van der Waals surface area contributed by atoms with E-state index in [0.29, 0.717) is 36.2 Å². The van der Waals surface area contributed by atoms with Gasteiger partial charge in [0.2, 0.25) is 5.91 Å². The molecule has 2 aliphatic heterocycles. The molecule has 0 radical (unpaired) electrons.